The lowest BCUT2D eigenvalue weighted by molar-refractivity contribution is 1.22. The Labute approximate surface area is 109 Å². The second-order valence-electron chi connectivity index (χ2n) is 3.31. The van der Waals surface area contributed by atoms with Crippen molar-refractivity contribution in [2.45, 2.75) is 0 Å². The van der Waals surface area contributed by atoms with Gasteiger partial charge in [0.15, 0.2) is 0 Å². The topological polar surface area (TPSA) is 63.0 Å². The number of nitrogens with one attached hydrogen (secondary N) is 2. The number of nitrogen functional groups attached to an aromatic ring is 1. The van der Waals surface area contributed by atoms with Crippen LogP contribution in [0.4, 0.5) is 17.3 Å². The Hall–Kier alpha value is -1.49. The van der Waals surface area contributed by atoms with E-state index in [1.165, 1.54) is 0 Å². The number of halogens is 2. The van der Waals surface area contributed by atoms with Gasteiger partial charge in [-0.15, -0.1) is 0 Å². The van der Waals surface area contributed by atoms with E-state index in [-0.39, 0.29) is 0 Å². The third-order valence-electron chi connectivity index (χ3n) is 2.09. The van der Waals surface area contributed by atoms with E-state index < -0.39 is 0 Å². The van der Waals surface area contributed by atoms with Gasteiger partial charge in [0.25, 0.3) is 0 Å². The van der Waals surface area contributed by atoms with E-state index in [0.29, 0.717) is 21.7 Å². The molecule has 2 rings (SSSR count). The standard InChI is InChI=1S/C11H10Cl2N4/c12-8-5-4-7(6-9(8)13)15-10-2-1-3-11(16-10)17-14/h1-6H,14H2,(H2,15,16,17). The minimum atomic E-state index is 0.491. The molecule has 1 aromatic heterocycles. The molecule has 4 N–H and O–H groups in total. The largest absolute Gasteiger partial charge is 0.340 e. The summed E-state index contributed by atoms with van der Waals surface area (Å²) >= 11 is 11.7. The summed E-state index contributed by atoms with van der Waals surface area (Å²) in [6, 6.07) is 10.7. The Morgan fingerprint density at radius 3 is 2.47 bits per heavy atom. The van der Waals surface area contributed by atoms with Crippen LogP contribution in [0.1, 0.15) is 0 Å². The number of benzene rings is 1. The molecule has 0 saturated carbocycles. The first-order chi connectivity index (χ1) is 8.19. The zero-order valence-corrected chi connectivity index (χ0v) is 10.3. The molecule has 88 valence electrons. The van der Waals surface area contributed by atoms with Gasteiger partial charge in [-0.25, -0.2) is 10.8 Å². The number of nitrogens with two attached hydrogens (primary N) is 1. The van der Waals surface area contributed by atoms with Gasteiger partial charge in [-0.1, -0.05) is 29.3 Å². The van der Waals surface area contributed by atoms with E-state index in [1.807, 2.05) is 18.2 Å². The first-order valence-electron chi connectivity index (χ1n) is 4.85. The molecule has 0 atom stereocenters. The molecule has 0 fully saturated rings. The summed E-state index contributed by atoms with van der Waals surface area (Å²) in [4.78, 5) is 4.22. The molecule has 0 aliphatic rings. The van der Waals surface area contributed by atoms with Crippen LogP contribution in [0.2, 0.25) is 10.0 Å². The molecule has 4 nitrogen and oxygen atoms in total. The van der Waals surface area contributed by atoms with Crippen molar-refractivity contribution in [3.05, 3.63) is 46.4 Å². The van der Waals surface area contributed by atoms with Crippen LogP contribution in [0.25, 0.3) is 0 Å². The van der Waals surface area contributed by atoms with E-state index >= 15 is 0 Å². The molecule has 0 aliphatic heterocycles. The molecular formula is C11H10Cl2N4. The fourth-order valence-corrected chi connectivity index (χ4v) is 1.60. The van der Waals surface area contributed by atoms with Gasteiger partial charge in [0.1, 0.15) is 11.6 Å². The highest BCUT2D eigenvalue weighted by Crippen LogP contribution is 2.26. The number of aromatic nitrogens is 1. The van der Waals surface area contributed by atoms with Gasteiger partial charge in [-0.3, -0.25) is 0 Å². The maximum Gasteiger partial charge on any atom is 0.142 e. The highest BCUT2D eigenvalue weighted by molar-refractivity contribution is 6.42. The Morgan fingerprint density at radius 2 is 1.76 bits per heavy atom. The van der Waals surface area contributed by atoms with Crippen LogP contribution in [0, 0.1) is 0 Å². The van der Waals surface area contributed by atoms with Crippen LogP contribution >= 0.6 is 23.2 Å². The molecule has 1 aromatic carbocycles. The van der Waals surface area contributed by atoms with Crippen molar-refractivity contribution in [2.24, 2.45) is 5.84 Å². The van der Waals surface area contributed by atoms with E-state index in [9.17, 15) is 0 Å². The number of rotatable bonds is 3. The fraction of sp³-hybridized carbons (Fsp3) is 0. The summed E-state index contributed by atoms with van der Waals surface area (Å²) in [5, 5.41) is 4.10. The lowest BCUT2D eigenvalue weighted by atomic mass is 10.3. The maximum absolute atomic E-state index is 5.91. The molecule has 6 heteroatoms. The molecule has 0 saturated heterocycles. The van der Waals surface area contributed by atoms with Gasteiger partial charge < -0.3 is 10.7 Å². The van der Waals surface area contributed by atoms with E-state index in [4.69, 9.17) is 29.0 Å². The number of anilines is 3. The maximum atomic E-state index is 5.91. The van der Waals surface area contributed by atoms with Crippen molar-refractivity contribution in [2.75, 3.05) is 10.7 Å². The summed E-state index contributed by atoms with van der Waals surface area (Å²) in [6.45, 7) is 0. The molecule has 0 amide bonds. The first-order valence-corrected chi connectivity index (χ1v) is 5.60. The second kappa shape index (κ2) is 5.23. The third kappa shape index (κ3) is 3.00. The molecular weight excluding hydrogens is 259 g/mol. The average molecular weight is 269 g/mol. The summed E-state index contributed by atoms with van der Waals surface area (Å²) in [6.07, 6.45) is 0. The lowest BCUT2D eigenvalue weighted by Crippen LogP contribution is -2.08. The molecule has 17 heavy (non-hydrogen) atoms. The zero-order chi connectivity index (χ0) is 12.3. The van der Waals surface area contributed by atoms with Crippen molar-refractivity contribution in [1.82, 2.24) is 4.98 Å². The third-order valence-corrected chi connectivity index (χ3v) is 2.83. The number of pyridine rings is 1. The summed E-state index contributed by atoms with van der Waals surface area (Å²) in [7, 11) is 0. The number of hydrogen-bond acceptors (Lipinski definition) is 4. The van der Waals surface area contributed by atoms with Crippen molar-refractivity contribution in [3.63, 3.8) is 0 Å². The van der Waals surface area contributed by atoms with Crippen molar-refractivity contribution in [3.8, 4) is 0 Å². The minimum absolute atomic E-state index is 0.491. The quantitative estimate of drug-likeness (QED) is 0.590. The predicted molar refractivity (Wildman–Crippen MR) is 71.8 cm³/mol. The highest BCUT2D eigenvalue weighted by atomic mass is 35.5. The Bertz CT molecular complexity index is 531. The smallest absolute Gasteiger partial charge is 0.142 e. The van der Waals surface area contributed by atoms with Crippen LogP contribution in [0.3, 0.4) is 0 Å². The molecule has 2 aromatic rings. The Kier molecular flexibility index (Phi) is 3.68. The monoisotopic (exact) mass is 268 g/mol. The number of hydrogen-bond donors (Lipinski definition) is 3. The molecule has 1 heterocycles. The number of nitrogens with zero attached hydrogens (tertiary/aromatic N) is 1. The van der Waals surface area contributed by atoms with E-state index in [0.717, 1.165) is 5.69 Å². The van der Waals surface area contributed by atoms with Crippen molar-refractivity contribution >= 4 is 40.5 Å². The molecule has 0 aliphatic carbocycles. The van der Waals surface area contributed by atoms with Crippen molar-refractivity contribution in [1.29, 1.82) is 0 Å². The Morgan fingerprint density at radius 1 is 1.00 bits per heavy atom. The molecule has 0 bridgehead atoms. The fourth-order valence-electron chi connectivity index (χ4n) is 1.31. The van der Waals surface area contributed by atoms with Gasteiger partial charge in [0, 0.05) is 5.69 Å². The van der Waals surface area contributed by atoms with E-state index in [1.54, 1.807) is 18.2 Å². The Balaban J connectivity index is 2.22. The first kappa shape index (κ1) is 12.0. The normalized spacial score (nSPS) is 10.1. The summed E-state index contributed by atoms with van der Waals surface area (Å²) < 4.78 is 0. The average Bonchev–Trinajstić information content (AvgIpc) is 2.34. The van der Waals surface area contributed by atoms with Crippen LogP contribution in [-0.4, -0.2) is 4.98 Å². The zero-order valence-electron chi connectivity index (χ0n) is 8.74. The second-order valence-corrected chi connectivity index (χ2v) is 4.12. The summed E-state index contributed by atoms with van der Waals surface area (Å²) in [5.41, 5.74) is 3.28. The molecule has 0 unspecified atom stereocenters. The predicted octanol–water partition coefficient (Wildman–Crippen LogP) is 3.42. The molecule has 0 radical (unpaired) electrons. The summed E-state index contributed by atoms with van der Waals surface area (Å²) in [5.74, 6) is 6.52. The van der Waals surface area contributed by atoms with Gasteiger partial charge in [0.2, 0.25) is 0 Å². The SMILES string of the molecule is NNc1cccc(Nc2ccc(Cl)c(Cl)c2)n1. The van der Waals surface area contributed by atoms with Crippen LogP contribution in [-0.2, 0) is 0 Å². The molecule has 0 spiro atoms. The minimum Gasteiger partial charge on any atom is -0.340 e. The van der Waals surface area contributed by atoms with Gasteiger partial charge >= 0.3 is 0 Å². The number of hydrazine groups is 1. The van der Waals surface area contributed by atoms with E-state index in [2.05, 4.69) is 15.7 Å². The lowest BCUT2D eigenvalue weighted by Gasteiger charge is -2.07. The van der Waals surface area contributed by atoms with Gasteiger partial charge in [0.05, 0.1) is 10.0 Å². The highest BCUT2D eigenvalue weighted by Gasteiger charge is 2.01. The van der Waals surface area contributed by atoms with Gasteiger partial charge in [-0.05, 0) is 30.3 Å². The van der Waals surface area contributed by atoms with Crippen LogP contribution in [0.5, 0.6) is 0 Å². The van der Waals surface area contributed by atoms with Crippen LogP contribution in [0.15, 0.2) is 36.4 Å². The van der Waals surface area contributed by atoms with Crippen molar-refractivity contribution < 1.29 is 0 Å². The van der Waals surface area contributed by atoms with Crippen LogP contribution < -0.4 is 16.6 Å². The van der Waals surface area contributed by atoms with Gasteiger partial charge in [-0.2, -0.15) is 0 Å².